The molecule has 3 atom stereocenters. The number of hydrogen-bond acceptors (Lipinski definition) is 4. The van der Waals surface area contributed by atoms with E-state index in [2.05, 4.69) is 10.6 Å². The second-order valence-corrected chi connectivity index (χ2v) is 6.16. The van der Waals surface area contributed by atoms with Crippen LogP contribution in [0.5, 0.6) is 0 Å². The summed E-state index contributed by atoms with van der Waals surface area (Å²) >= 11 is 0. The predicted molar refractivity (Wildman–Crippen MR) is 90.1 cm³/mol. The molecule has 1 heterocycles. The van der Waals surface area contributed by atoms with E-state index in [-0.39, 0.29) is 49.3 Å². The highest BCUT2D eigenvalue weighted by Crippen LogP contribution is 2.22. The van der Waals surface area contributed by atoms with Crippen LogP contribution in [0.25, 0.3) is 0 Å². The number of carbonyl (C=O) groups is 2. The van der Waals surface area contributed by atoms with Gasteiger partial charge in [0.1, 0.15) is 11.9 Å². The van der Waals surface area contributed by atoms with Crippen LogP contribution in [0, 0.1) is 5.82 Å². The number of rotatable bonds is 7. The molecule has 3 N–H and O–H groups in total. The highest BCUT2D eigenvalue weighted by Gasteiger charge is 2.32. The lowest BCUT2D eigenvalue weighted by molar-refractivity contribution is -0.135. The zero-order valence-corrected chi connectivity index (χ0v) is 14.3. The Bertz CT molecular complexity index is 596. The van der Waals surface area contributed by atoms with Crippen LogP contribution in [-0.4, -0.2) is 41.8 Å². The van der Waals surface area contributed by atoms with Crippen LogP contribution in [0.3, 0.4) is 0 Å². The van der Waals surface area contributed by atoms with E-state index in [1.165, 1.54) is 6.07 Å². The molecule has 1 aromatic carbocycles. The van der Waals surface area contributed by atoms with Crippen LogP contribution in [0.15, 0.2) is 24.3 Å². The number of halogens is 1. The fourth-order valence-corrected chi connectivity index (χ4v) is 2.87. The van der Waals surface area contributed by atoms with E-state index in [1.807, 2.05) is 0 Å². The van der Waals surface area contributed by atoms with Gasteiger partial charge < -0.3 is 20.5 Å². The standard InChI is InChI=1S/C18H25FN2O4/c1-2-17(23)21-15-8-7-13(25-16(15)11-22)9-18(24)20-10-12-5-3-4-6-14(12)19/h3-6,13,15-16,22H,2,7-11H2,1H3,(H,20,24)(H,21,23)/t13-,15-,16-/m1/s1. The van der Waals surface area contributed by atoms with E-state index in [9.17, 15) is 19.1 Å². The molecule has 138 valence electrons. The normalized spacial score (nSPS) is 23.1. The Morgan fingerprint density at radius 1 is 1.28 bits per heavy atom. The topological polar surface area (TPSA) is 87.7 Å². The van der Waals surface area contributed by atoms with E-state index in [0.717, 1.165) is 0 Å². The van der Waals surface area contributed by atoms with Crippen molar-refractivity contribution in [1.29, 1.82) is 0 Å². The molecular weight excluding hydrogens is 327 g/mol. The summed E-state index contributed by atoms with van der Waals surface area (Å²) in [6.45, 7) is 1.66. The van der Waals surface area contributed by atoms with Crippen molar-refractivity contribution in [3.8, 4) is 0 Å². The van der Waals surface area contributed by atoms with E-state index >= 15 is 0 Å². The Morgan fingerprint density at radius 3 is 2.72 bits per heavy atom. The third kappa shape index (κ3) is 5.79. The van der Waals surface area contributed by atoms with Crippen molar-refractivity contribution in [1.82, 2.24) is 10.6 Å². The maximum atomic E-state index is 13.5. The number of nitrogens with one attached hydrogen (secondary N) is 2. The van der Waals surface area contributed by atoms with Crippen LogP contribution in [0.2, 0.25) is 0 Å². The number of benzene rings is 1. The average molecular weight is 352 g/mol. The molecule has 0 bridgehead atoms. The SMILES string of the molecule is CCC(=O)N[C@@H]1CC[C@H](CC(=O)NCc2ccccc2F)O[C@@H]1CO. The summed E-state index contributed by atoms with van der Waals surface area (Å²) < 4.78 is 19.3. The molecule has 2 amide bonds. The van der Waals surface area contributed by atoms with Crippen molar-refractivity contribution in [2.75, 3.05) is 6.61 Å². The van der Waals surface area contributed by atoms with Gasteiger partial charge in [-0.3, -0.25) is 9.59 Å². The molecule has 2 rings (SSSR count). The number of hydrogen-bond donors (Lipinski definition) is 3. The molecule has 25 heavy (non-hydrogen) atoms. The number of carbonyl (C=O) groups excluding carboxylic acids is 2. The highest BCUT2D eigenvalue weighted by atomic mass is 19.1. The Kier molecular flexibility index (Phi) is 7.33. The van der Waals surface area contributed by atoms with E-state index in [0.29, 0.717) is 24.8 Å². The van der Waals surface area contributed by atoms with Crippen molar-refractivity contribution in [2.45, 2.75) is 57.4 Å². The van der Waals surface area contributed by atoms with Gasteiger partial charge in [-0.05, 0) is 18.9 Å². The smallest absolute Gasteiger partial charge is 0.222 e. The first-order valence-electron chi connectivity index (χ1n) is 8.59. The molecule has 1 aromatic rings. The molecule has 0 aliphatic carbocycles. The number of aliphatic hydroxyl groups excluding tert-OH is 1. The quantitative estimate of drug-likeness (QED) is 0.690. The molecule has 0 spiro atoms. The molecule has 7 heteroatoms. The second kappa shape index (κ2) is 9.48. The summed E-state index contributed by atoms with van der Waals surface area (Å²) in [6, 6.07) is 6.04. The van der Waals surface area contributed by atoms with Gasteiger partial charge in [0.2, 0.25) is 11.8 Å². The first-order chi connectivity index (χ1) is 12.0. The Morgan fingerprint density at radius 2 is 2.04 bits per heavy atom. The van der Waals surface area contributed by atoms with Gasteiger partial charge in [0.25, 0.3) is 0 Å². The molecule has 0 aromatic heterocycles. The third-order valence-electron chi connectivity index (χ3n) is 4.31. The Hall–Kier alpha value is -1.99. The van der Waals surface area contributed by atoms with Gasteiger partial charge in [-0.15, -0.1) is 0 Å². The van der Waals surface area contributed by atoms with Crippen LogP contribution in [0.1, 0.15) is 38.2 Å². The maximum absolute atomic E-state index is 13.5. The molecule has 1 fully saturated rings. The van der Waals surface area contributed by atoms with E-state index in [4.69, 9.17) is 4.74 Å². The molecular formula is C18H25FN2O4. The summed E-state index contributed by atoms with van der Waals surface area (Å²) in [5.41, 5.74) is 0.427. The van der Waals surface area contributed by atoms with Crippen LogP contribution in [0.4, 0.5) is 4.39 Å². The molecule has 1 aliphatic rings. The molecule has 0 radical (unpaired) electrons. The second-order valence-electron chi connectivity index (χ2n) is 6.16. The zero-order chi connectivity index (χ0) is 18.2. The fraction of sp³-hybridized carbons (Fsp3) is 0.556. The van der Waals surface area contributed by atoms with Crippen molar-refractivity contribution >= 4 is 11.8 Å². The fourth-order valence-electron chi connectivity index (χ4n) is 2.87. The molecule has 1 saturated heterocycles. The van der Waals surface area contributed by atoms with Crippen molar-refractivity contribution in [2.24, 2.45) is 0 Å². The predicted octanol–water partition coefficient (Wildman–Crippen LogP) is 1.27. The summed E-state index contributed by atoms with van der Waals surface area (Å²) in [5.74, 6) is -0.680. The van der Waals surface area contributed by atoms with E-state index in [1.54, 1.807) is 25.1 Å². The minimum Gasteiger partial charge on any atom is -0.394 e. The van der Waals surface area contributed by atoms with Gasteiger partial charge in [-0.2, -0.15) is 0 Å². The molecule has 6 nitrogen and oxygen atoms in total. The van der Waals surface area contributed by atoms with Gasteiger partial charge in [-0.1, -0.05) is 25.1 Å². The largest absolute Gasteiger partial charge is 0.394 e. The lowest BCUT2D eigenvalue weighted by Crippen LogP contribution is -2.51. The number of ether oxygens (including phenoxy) is 1. The minimum absolute atomic E-state index is 0.0897. The Balaban J connectivity index is 1.80. The minimum atomic E-state index is -0.520. The number of aliphatic hydroxyl groups is 1. The number of amides is 2. The van der Waals surface area contributed by atoms with Gasteiger partial charge >= 0.3 is 0 Å². The zero-order valence-electron chi connectivity index (χ0n) is 14.3. The first kappa shape index (κ1) is 19.3. The van der Waals surface area contributed by atoms with Crippen LogP contribution >= 0.6 is 0 Å². The van der Waals surface area contributed by atoms with Gasteiger partial charge in [0.05, 0.1) is 25.2 Å². The Labute approximate surface area is 146 Å². The van der Waals surface area contributed by atoms with Gasteiger partial charge in [0, 0.05) is 18.5 Å². The monoisotopic (exact) mass is 352 g/mol. The summed E-state index contributed by atoms with van der Waals surface area (Å²) in [4.78, 5) is 23.6. The highest BCUT2D eigenvalue weighted by molar-refractivity contribution is 5.76. The summed E-state index contributed by atoms with van der Waals surface area (Å²) in [5, 5.41) is 15.0. The lowest BCUT2D eigenvalue weighted by Gasteiger charge is -2.36. The van der Waals surface area contributed by atoms with Crippen molar-refractivity contribution in [3.05, 3.63) is 35.6 Å². The molecule has 0 saturated carbocycles. The summed E-state index contributed by atoms with van der Waals surface area (Å²) in [7, 11) is 0. The van der Waals surface area contributed by atoms with Gasteiger partial charge in [0.15, 0.2) is 0 Å². The van der Waals surface area contributed by atoms with Crippen molar-refractivity contribution in [3.63, 3.8) is 0 Å². The van der Waals surface area contributed by atoms with Crippen molar-refractivity contribution < 1.29 is 23.8 Å². The summed E-state index contributed by atoms with van der Waals surface area (Å²) in [6.07, 6.45) is 0.914. The maximum Gasteiger partial charge on any atom is 0.222 e. The van der Waals surface area contributed by atoms with Crippen LogP contribution in [-0.2, 0) is 20.9 Å². The molecule has 0 unspecified atom stereocenters. The lowest BCUT2D eigenvalue weighted by atomic mass is 9.96. The molecule has 1 aliphatic heterocycles. The average Bonchev–Trinajstić information content (AvgIpc) is 2.62. The van der Waals surface area contributed by atoms with Crippen LogP contribution < -0.4 is 10.6 Å². The first-order valence-corrected chi connectivity index (χ1v) is 8.59. The van der Waals surface area contributed by atoms with E-state index < -0.39 is 6.10 Å². The third-order valence-corrected chi connectivity index (χ3v) is 4.31. The van der Waals surface area contributed by atoms with Gasteiger partial charge in [-0.25, -0.2) is 4.39 Å².